The van der Waals surface area contributed by atoms with Gasteiger partial charge in [0.25, 0.3) is 0 Å². The Morgan fingerprint density at radius 1 is 1.26 bits per heavy atom. The molecule has 118 valence electrons. The number of hydrogen-bond acceptors (Lipinski definition) is 4. The lowest BCUT2D eigenvalue weighted by molar-refractivity contribution is -0.118. The molecule has 1 atom stereocenters. The number of aromatic nitrogens is 1. The zero-order valence-corrected chi connectivity index (χ0v) is 14.5. The summed E-state index contributed by atoms with van der Waals surface area (Å²) in [6.07, 6.45) is 0.563. The summed E-state index contributed by atoms with van der Waals surface area (Å²) in [4.78, 5) is 20.8. The SMILES string of the molecule is Cc1cccc(/N=C2\NC(=O)[C@@H](Cc3ccc(Cl)c(Cl)c3)S2)n1. The van der Waals surface area contributed by atoms with Crippen molar-refractivity contribution < 1.29 is 4.79 Å². The number of benzene rings is 1. The number of aliphatic imine (C=N–C) groups is 1. The first kappa shape index (κ1) is 16.3. The highest BCUT2D eigenvalue weighted by Crippen LogP contribution is 2.28. The predicted molar refractivity (Wildman–Crippen MR) is 95.8 cm³/mol. The van der Waals surface area contributed by atoms with E-state index in [-0.39, 0.29) is 11.2 Å². The highest BCUT2D eigenvalue weighted by Gasteiger charge is 2.30. The van der Waals surface area contributed by atoms with Crippen molar-refractivity contribution in [2.24, 2.45) is 4.99 Å². The molecule has 1 aliphatic heterocycles. The first-order valence-electron chi connectivity index (χ1n) is 6.95. The number of amides is 1. The van der Waals surface area contributed by atoms with Gasteiger partial charge in [-0.15, -0.1) is 0 Å². The minimum Gasteiger partial charge on any atom is -0.304 e. The van der Waals surface area contributed by atoms with Crippen molar-refractivity contribution in [1.82, 2.24) is 10.3 Å². The fourth-order valence-corrected chi connectivity index (χ4v) is 3.51. The lowest BCUT2D eigenvalue weighted by atomic mass is 10.1. The van der Waals surface area contributed by atoms with Crippen LogP contribution in [0.25, 0.3) is 0 Å². The van der Waals surface area contributed by atoms with Gasteiger partial charge in [0.15, 0.2) is 11.0 Å². The quantitative estimate of drug-likeness (QED) is 0.888. The summed E-state index contributed by atoms with van der Waals surface area (Å²) in [5.74, 6) is 0.524. The van der Waals surface area contributed by atoms with Crippen LogP contribution in [0.3, 0.4) is 0 Å². The van der Waals surface area contributed by atoms with Crippen molar-refractivity contribution in [3.8, 4) is 0 Å². The van der Waals surface area contributed by atoms with E-state index in [1.54, 1.807) is 18.2 Å². The third-order valence-corrected chi connectivity index (χ3v) is 5.09. The molecule has 0 saturated carbocycles. The second-order valence-electron chi connectivity index (χ2n) is 5.10. The summed E-state index contributed by atoms with van der Waals surface area (Å²) >= 11 is 13.3. The minimum atomic E-state index is -0.240. The Hall–Kier alpha value is -1.56. The maximum atomic E-state index is 12.1. The molecule has 7 heteroatoms. The van der Waals surface area contributed by atoms with Crippen molar-refractivity contribution >= 4 is 51.9 Å². The molecule has 23 heavy (non-hydrogen) atoms. The van der Waals surface area contributed by atoms with Crippen molar-refractivity contribution in [2.75, 3.05) is 0 Å². The van der Waals surface area contributed by atoms with E-state index in [4.69, 9.17) is 23.2 Å². The summed E-state index contributed by atoms with van der Waals surface area (Å²) in [6, 6.07) is 11.0. The molecule has 0 aliphatic carbocycles. The average molecular weight is 366 g/mol. The molecule has 1 aromatic heterocycles. The Morgan fingerprint density at radius 3 is 2.83 bits per heavy atom. The molecule has 1 aliphatic rings. The van der Waals surface area contributed by atoms with Gasteiger partial charge in [0.2, 0.25) is 5.91 Å². The molecular formula is C16H13Cl2N3OS. The van der Waals surface area contributed by atoms with Crippen LogP contribution in [0.5, 0.6) is 0 Å². The van der Waals surface area contributed by atoms with Crippen LogP contribution in [0.4, 0.5) is 5.82 Å². The Kier molecular flexibility index (Phi) is 4.90. The first-order chi connectivity index (χ1) is 11.0. The molecule has 4 nitrogen and oxygen atoms in total. The summed E-state index contributed by atoms with van der Waals surface area (Å²) in [6.45, 7) is 1.90. The highest BCUT2D eigenvalue weighted by molar-refractivity contribution is 8.15. The van der Waals surface area contributed by atoms with E-state index < -0.39 is 0 Å². The van der Waals surface area contributed by atoms with Crippen LogP contribution in [0.15, 0.2) is 41.4 Å². The molecule has 1 saturated heterocycles. The molecule has 2 aromatic rings. The number of aryl methyl sites for hydroxylation is 1. The van der Waals surface area contributed by atoms with Crippen LogP contribution in [0.2, 0.25) is 10.0 Å². The van der Waals surface area contributed by atoms with Crippen LogP contribution >= 0.6 is 35.0 Å². The molecule has 0 bridgehead atoms. The van der Waals surface area contributed by atoms with Gasteiger partial charge in [-0.25, -0.2) is 9.98 Å². The fraction of sp³-hybridized carbons (Fsp3) is 0.188. The monoisotopic (exact) mass is 365 g/mol. The normalized spacial score (nSPS) is 19.2. The van der Waals surface area contributed by atoms with Crippen molar-refractivity contribution in [3.05, 3.63) is 57.7 Å². The number of carbonyl (C=O) groups excluding carboxylic acids is 1. The lowest BCUT2D eigenvalue weighted by Crippen LogP contribution is -2.26. The van der Waals surface area contributed by atoms with Gasteiger partial charge in [-0.2, -0.15) is 0 Å². The van der Waals surface area contributed by atoms with Gasteiger partial charge in [0.05, 0.1) is 15.3 Å². The van der Waals surface area contributed by atoms with Gasteiger partial charge in [-0.3, -0.25) is 4.79 Å². The highest BCUT2D eigenvalue weighted by atomic mass is 35.5. The molecule has 1 amide bonds. The van der Waals surface area contributed by atoms with E-state index in [2.05, 4.69) is 15.3 Å². The maximum Gasteiger partial charge on any atom is 0.239 e. The second kappa shape index (κ2) is 6.91. The Balaban J connectivity index is 1.73. The molecule has 2 heterocycles. The van der Waals surface area contributed by atoms with Crippen LogP contribution < -0.4 is 5.32 Å². The van der Waals surface area contributed by atoms with E-state index in [9.17, 15) is 4.79 Å². The number of pyridine rings is 1. The third-order valence-electron chi connectivity index (χ3n) is 3.27. The Bertz CT molecular complexity index is 795. The number of thioether (sulfide) groups is 1. The van der Waals surface area contributed by atoms with Crippen LogP contribution in [0, 0.1) is 6.92 Å². The van der Waals surface area contributed by atoms with E-state index in [0.717, 1.165) is 11.3 Å². The van der Waals surface area contributed by atoms with Crippen LogP contribution in [-0.2, 0) is 11.2 Å². The van der Waals surface area contributed by atoms with E-state index in [1.165, 1.54) is 11.8 Å². The van der Waals surface area contributed by atoms with Gasteiger partial charge in [-0.1, -0.05) is 47.1 Å². The molecule has 1 aromatic carbocycles. The van der Waals surface area contributed by atoms with Gasteiger partial charge < -0.3 is 5.32 Å². The van der Waals surface area contributed by atoms with Crippen molar-refractivity contribution in [2.45, 2.75) is 18.6 Å². The molecule has 3 rings (SSSR count). The number of nitrogens with zero attached hydrogens (tertiary/aromatic N) is 2. The Labute approximate surface area is 148 Å². The topological polar surface area (TPSA) is 54.4 Å². The fourth-order valence-electron chi connectivity index (χ4n) is 2.17. The molecule has 0 radical (unpaired) electrons. The number of nitrogens with one attached hydrogen (secondary N) is 1. The van der Waals surface area contributed by atoms with Crippen LogP contribution in [0.1, 0.15) is 11.3 Å². The lowest BCUT2D eigenvalue weighted by Gasteiger charge is -2.06. The number of halogens is 2. The average Bonchev–Trinajstić information content (AvgIpc) is 2.83. The first-order valence-corrected chi connectivity index (χ1v) is 8.58. The van der Waals surface area contributed by atoms with Crippen LogP contribution in [-0.4, -0.2) is 21.3 Å². The number of hydrogen-bond donors (Lipinski definition) is 1. The summed E-state index contributed by atoms with van der Waals surface area (Å²) in [7, 11) is 0. The van der Waals surface area contributed by atoms with Gasteiger partial charge in [0, 0.05) is 5.69 Å². The summed E-state index contributed by atoms with van der Waals surface area (Å²) in [5, 5.41) is 4.12. The standard InChI is InChI=1S/C16H13Cl2N3OS/c1-9-3-2-4-14(19-9)20-16-21-15(22)13(23-16)8-10-5-6-11(17)12(18)7-10/h2-7,13H,8H2,1H3,(H,19,20,21,22)/t13-/m1/s1. The zero-order valence-electron chi connectivity index (χ0n) is 12.2. The largest absolute Gasteiger partial charge is 0.304 e. The van der Waals surface area contributed by atoms with E-state index in [0.29, 0.717) is 27.5 Å². The minimum absolute atomic E-state index is 0.0625. The number of amidine groups is 1. The van der Waals surface area contributed by atoms with E-state index >= 15 is 0 Å². The number of rotatable bonds is 3. The van der Waals surface area contributed by atoms with Crippen molar-refractivity contribution in [3.63, 3.8) is 0 Å². The molecule has 1 fully saturated rings. The number of carbonyl (C=O) groups is 1. The zero-order chi connectivity index (χ0) is 16.4. The summed E-state index contributed by atoms with van der Waals surface area (Å²) in [5.41, 5.74) is 1.84. The maximum absolute atomic E-state index is 12.1. The Morgan fingerprint density at radius 2 is 2.09 bits per heavy atom. The predicted octanol–water partition coefficient (Wildman–Crippen LogP) is 4.16. The van der Waals surface area contributed by atoms with Gasteiger partial charge in [0.1, 0.15) is 0 Å². The summed E-state index contributed by atoms with van der Waals surface area (Å²) < 4.78 is 0. The van der Waals surface area contributed by atoms with E-state index in [1.807, 2.05) is 25.1 Å². The molecule has 1 N–H and O–H groups in total. The van der Waals surface area contributed by atoms with Crippen molar-refractivity contribution in [1.29, 1.82) is 0 Å². The third kappa shape index (κ3) is 4.05. The smallest absolute Gasteiger partial charge is 0.239 e. The molecular weight excluding hydrogens is 353 g/mol. The second-order valence-corrected chi connectivity index (χ2v) is 7.11. The van der Waals surface area contributed by atoms with Gasteiger partial charge in [-0.05, 0) is 43.2 Å². The molecule has 0 spiro atoms. The molecule has 0 unspecified atom stereocenters. The van der Waals surface area contributed by atoms with Gasteiger partial charge >= 0.3 is 0 Å².